The highest BCUT2D eigenvalue weighted by atomic mass is 32.1. The van der Waals surface area contributed by atoms with Gasteiger partial charge in [0.2, 0.25) is 0 Å². The van der Waals surface area contributed by atoms with E-state index in [0.717, 1.165) is 28.5 Å². The van der Waals surface area contributed by atoms with Crippen LogP contribution in [-0.2, 0) is 29.5 Å². The molecule has 0 fully saturated rings. The Morgan fingerprint density at radius 2 is 2.10 bits per heavy atom. The van der Waals surface area contributed by atoms with Crippen molar-refractivity contribution in [2.45, 2.75) is 26.8 Å². The second-order valence-electron chi connectivity index (χ2n) is 4.64. The van der Waals surface area contributed by atoms with Gasteiger partial charge in [0.15, 0.2) is 0 Å². The molecule has 0 saturated heterocycles. The number of aryl methyl sites for hydroxylation is 2. The fourth-order valence-electron chi connectivity index (χ4n) is 2.03. The number of nitrogens with zero attached hydrogens (tertiary/aromatic N) is 2. The van der Waals surface area contributed by atoms with Crippen molar-refractivity contribution in [3.63, 3.8) is 0 Å². The Kier molecular flexibility index (Phi) is 4.44. The highest BCUT2D eigenvalue weighted by Crippen LogP contribution is 2.22. The average Bonchev–Trinajstić information content (AvgIpc) is 2.94. The van der Waals surface area contributed by atoms with Crippen LogP contribution in [0.5, 0.6) is 0 Å². The normalized spacial score (nSPS) is 10.6. The maximum atomic E-state index is 11.2. The molecule has 0 spiro atoms. The molecular formula is C14H19N3O2S. The molecule has 0 saturated carbocycles. The van der Waals surface area contributed by atoms with Crippen LogP contribution in [0.25, 0.3) is 0 Å². The van der Waals surface area contributed by atoms with Crippen LogP contribution in [-0.4, -0.2) is 22.9 Å². The van der Waals surface area contributed by atoms with Crippen molar-refractivity contribution in [2.24, 2.45) is 7.05 Å². The zero-order valence-electron chi connectivity index (χ0n) is 12.2. The van der Waals surface area contributed by atoms with Crippen molar-refractivity contribution >= 4 is 23.0 Å². The topological polar surface area (TPSA) is 56.1 Å². The van der Waals surface area contributed by atoms with Gasteiger partial charge in [0.05, 0.1) is 30.6 Å². The molecule has 0 aromatic carbocycles. The van der Waals surface area contributed by atoms with Gasteiger partial charge in [-0.05, 0) is 26.0 Å². The quantitative estimate of drug-likeness (QED) is 0.860. The number of carbonyl (C=O) groups excluding carboxylic acids is 1. The lowest BCUT2D eigenvalue weighted by atomic mass is 10.3. The molecule has 2 heterocycles. The van der Waals surface area contributed by atoms with Crippen molar-refractivity contribution in [1.82, 2.24) is 9.78 Å². The first-order valence-corrected chi connectivity index (χ1v) is 7.21. The minimum Gasteiger partial charge on any atom is -0.469 e. The lowest BCUT2D eigenvalue weighted by Gasteiger charge is -2.05. The fourth-order valence-corrected chi connectivity index (χ4v) is 2.98. The zero-order valence-corrected chi connectivity index (χ0v) is 13.0. The molecule has 2 aromatic heterocycles. The van der Waals surface area contributed by atoms with Crippen LogP contribution in [0.15, 0.2) is 12.1 Å². The number of methoxy groups -OCH3 is 1. The van der Waals surface area contributed by atoms with Crippen LogP contribution >= 0.6 is 11.3 Å². The Labute approximate surface area is 122 Å². The first-order valence-electron chi connectivity index (χ1n) is 6.39. The minimum atomic E-state index is -0.203. The Hall–Kier alpha value is -1.82. The predicted octanol–water partition coefficient (Wildman–Crippen LogP) is 2.43. The Bertz CT molecular complexity index is 616. The van der Waals surface area contributed by atoms with Crippen LogP contribution in [0.1, 0.15) is 21.1 Å². The van der Waals surface area contributed by atoms with Crippen LogP contribution < -0.4 is 5.32 Å². The predicted molar refractivity (Wildman–Crippen MR) is 80.0 cm³/mol. The third-order valence-electron chi connectivity index (χ3n) is 3.21. The van der Waals surface area contributed by atoms with Gasteiger partial charge < -0.3 is 10.1 Å². The molecule has 0 aliphatic carbocycles. The third kappa shape index (κ3) is 3.19. The number of anilines is 1. The summed E-state index contributed by atoms with van der Waals surface area (Å²) in [5, 5.41) is 7.78. The highest BCUT2D eigenvalue weighted by Gasteiger charge is 2.10. The summed E-state index contributed by atoms with van der Waals surface area (Å²) in [7, 11) is 3.35. The zero-order chi connectivity index (χ0) is 14.7. The monoisotopic (exact) mass is 293 g/mol. The number of hydrogen-bond donors (Lipinski definition) is 1. The van der Waals surface area contributed by atoms with E-state index < -0.39 is 0 Å². The van der Waals surface area contributed by atoms with E-state index in [-0.39, 0.29) is 5.97 Å². The van der Waals surface area contributed by atoms with E-state index in [1.807, 2.05) is 37.7 Å². The summed E-state index contributed by atoms with van der Waals surface area (Å²) in [6, 6.07) is 4.01. The van der Waals surface area contributed by atoms with E-state index in [2.05, 4.69) is 15.2 Å². The van der Waals surface area contributed by atoms with Crippen LogP contribution in [0, 0.1) is 13.8 Å². The molecule has 0 bridgehead atoms. The number of nitrogens with one attached hydrogen (secondary N) is 1. The minimum absolute atomic E-state index is 0.203. The molecule has 5 nitrogen and oxygen atoms in total. The summed E-state index contributed by atoms with van der Waals surface area (Å²) in [5.41, 5.74) is 3.19. The molecule has 1 N–H and O–H groups in total. The second-order valence-corrected chi connectivity index (χ2v) is 5.90. The maximum absolute atomic E-state index is 11.2. The number of hydrogen-bond acceptors (Lipinski definition) is 5. The van der Waals surface area contributed by atoms with E-state index in [4.69, 9.17) is 0 Å². The smallest absolute Gasteiger partial charge is 0.310 e. The highest BCUT2D eigenvalue weighted by molar-refractivity contribution is 7.12. The first kappa shape index (κ1) is 14.6. The van der Waals surface area contributed by atoms with E-state index in [1.54, 1.807) is 11.3 Å². The van der Waals surface area contributed by atoms with Crippen molar-refractivity contribution in [3.05, 3.63) is 33.3 Å². The summed E-state index contributed by atoms with van der Waals surface area (Å²) < 4.78 is 6.54. The van der Waals surface area contributed by atoms with E-state index in [9.17, 15) is 4.79 Å². The molecule has 0 amide bonds. The van der Waals surface area contributed by atoms with E-state index >= 15 is 0 Å². The molecule has 2 aromatic rings. The fraction of sp³-hybridized carbons (Fsp3) is 0.429. The lowest BCUT2D eigenvalue weighted by molar-refractivity contribution is -0.139. The molecule has 20 heavy (non-hydrogen) atoms. The summed E-state index contributed by atoms with van der Waals surface area (Å²) in [5.74, 6) is -0.203. The summed E-state index contributed by atoms with van der Waals surface area (Å²) >= 11 is 1.62. The van der Waals surface area contributed by atoms with Crippen molar-refractivity contribution in [3.8, 4) is 0 Å². The average molecular weight is 293 g/mol. The summed E-state index contributed by atoms with van der Waals surface area (Å²) in [6.45, 7) is 4.77. The van der Waals surface area contributed by atoms with Gasteiger partial charge in [-0.3, -0.25) is 9.48 Å². The number of thiophene rings is 1. The second kappa shape index (κ2) is 6.09. The Morgan fingerprint density at radius 3 is 2.70 bits per heavy atom. The maximum Gasteiger partial charge on any atom is 0.310 e. The largest absolute Gasteiger partial charge is 0.469 e. The Morgan fingerprint density at radius 1 is 1.40 bits per heavy atom. The first-order chi connectivity index (χ1) is 9.51. The van der Waals surface area contributed by atoms with Crippen molar-refractivity contribution in [2.75, 3.05) is 12.4 Å². The van der Waals surface area contributed by atoms with Gasteiger partial charge in [0, 0.05) is 23.3 Å². The summed E-state index contributed by atoms with van der Waals surface area (Å²) in [4.78, 5) is 13.4. The van der Waals surface area contributed by atoms with Crippen molar-refractivity contribution < 1.29 is 9.53 Å². The molecule has 0 aliphatic heterocycles. The molecule has 6 heteroatoms. The van der Waals surface area contributed by atoms with Gasteiger partial charge >= 0.3 is 5.97 Å². The number of aromatic nitrogens is 2. The lowest BCUT2D eigenvalue weighted by Crippen LogP contribution is -2.02. The third-order valence-corrected chi connectivity index (χ3v) is 4.30. The van der Waals surface area contributed by atoms with Crippen LogP contribution in [0.4, 0.5) is 5.69 Å². The van der Waals surface area contributed by atoms with E-state index in [0.29, 0.717) is 6.42 Å². The SMILES string of the molecule is COC(=O)Cc1ccc(CNc2c(C)nn(C)c2C)s1. The Balaban J connectivity index is 1.99. The molecular weight excluding hydrogens is 274 g/mol. The molecule has 0 unspecified atom stereocenters. The summed E-state index contributed by atoms with van der Waals surface area (Å²) in [6.07, 6.45) is 0.339. The van der Waals surface area contributed by atoms with Crippen LogP contribution in [0.3, 0.4) is 0 Å². The molecule has 0 atom stereocenters. The van der Waals surface area contributed by atoms with Gasteiger partial charge in [-0.15, -0.1) is 11.3 Å². The van der Waals surface area contributed by atoms with E-state index in [1.165, 1.54) is 12.0 Å². The number of rotatable bonds is 5. The standard InChI is InChI=1S/C14H19N3O2S/c1-9-14(10(2)17(3)16-9)15-8-12-6-5-11(20-12)7-13(18)19-4/h5-6,15H,7-8H2,1-4H3. The van der Waals surface area contributed by atoms with Crippen LogP contribution in [0.2, 0.25) is 0 Å². The van der Waals surface area contributed by atoms with Gasteiger partial charge in [-0.25, -0.2) is 0 Å². The molecule has 0 radical (unpaired) electrons. The van der Waals surface area contributed by atoms with Gasteiger partial charge in [0.1, 0.15) is 0 Å². The van der Waals surface area contributed by atoms with Gasteiger partial charge in [-0.2, -0.15) is 5.10 Å². The number of carbonyl (C=O) groups is 1. The van der Waals surface area contributed by atoms with Gasteiger partial charge in [-0.1, -0.05) is 0 Å². The molecule has 108 valence electrons. The number of esters is 1. The molecule has 2 rings (SSSR count). The molecule has 0 aliphatic rings. The number of ether oxygens (including phenoxy) is 1. The van der Waals surface area contributed by atoms with Crippen molar-refractivity contribution in [1.29, 1.82) is 0 Å². The van der Waals surface area contributed by atoms with Gasteiger partial charge in [0.25, 0.3) is 0 Å².